The fourth-order valence-electron chi connectivity index (χ4n) is 3.23. The highest BCUT2D eigenvalue weighted by molar-refractivity contribution is 8.05. The lowest BCUT2D eigenvalue weighted by molar-refractivity contribution is -0.131. The van der Waals surface area contributed by atoms with Crippen LogP contribution in [0.4, 0.5) is 0 Å². The molecule has 1 aromatic rings. The van der Waals surface area contributed by atoms with Crippen LogP contribution in [0.25, 0.3) is 0 Å². The van der Waals surface area contributed by atoms with Gasteiger partial charge in [0, 0.05) is 28.6 Å². The summed E-state index contributed by atoms with van der Waals surface area (Å²) in [4.78, 5) is 27.2. The van der Waals surface area contributed by atoms with Gasteiger partial charge in [-0.15, -0.1) is 0 Å². The first-order valence-electron chi connectivity index (χ1n) is 9.51. The van der Waals surface area contributed by atoms with Gasteiger partial charge in [-0.3, -0.25) is 4.79 Å². The minimum absolute atomic E-state index is 0.0199. The molecule has 154 valence electrons. The number of hydrogen-bond donors (Lipinski definition) is 1. The molecule has 1 aromatic carbocycles. The van der Waals surface area contributed by atoms with Gasteiger partial charge in [0.05, 0.1) is 15.8 Å². The number of carboxylic acid groups (broad SMARTS) is 1. The first-order chi connectivity index (χ1) is 13.6. The van der Waals surface area contributed by atoms with Gasteiger partial charge in [-0.25, -0.2) is 4.79 Å². The van der Waals surface area contributed by atoms with E-state index in [1.807, 2.05) is 20.8 Å². The van der Waals surface area contributed by atoms with Gasteiger partial charge in [0.15, 0.2) is 0 Å². The number of nitrogens with zero attached hydrogens (tertiary/aromatic N) is 1. The van der Waals surface area contributed by atoms with Crippen LogP contribution in [0.5, 0.6) is 0 Å². The maximum absolute atomic E-state index is 13.4. The van der Waals surface area contributed by atoms with Crippen LogP contribution in [0.2, 0.25) is 10.0 Å². The van der Waals surface area contributed by atoms with E-state index in [2.05, 4.69) is 11.8 Å². The van der Waals surface area contributed by atoms with Crippen molar-refractivity contribution < 1.29 is 14.7 Å². The lowest BCUT2D eigenvalue weighted by Gasteiger charge is -2.38. The summed E-state index contributed by atoms with van der Waals surface area (Å²) in [5.74, 6) is 5.07. The van der Waals surface area contributed by atoms with Gasteiger partial charge in [-0.05, 0) is 58.2 Å². The average molecular weight is 452 g/mol. The molecule has 7 heteroatoms. The topological polar surface area (TPSA) is 57.6 Å². The van der Waals surface area contributed by atoms with Crippen molar-refractivity contribution in [1.82, 2.24) is 4.90 Å². The quantitative estimate of drug-likeness (QED) is 0.584. The second-order valence-electron chi connectivity index (χ2n) is 8.29. The molecule has 1 heterocycles. The van der Waals surface area contributed by atoms with E-state index in [1.165, 1.54) is 17.8 Å². The molecule has 3 rings (SSSR count). The van der Waals surface area contributed by atoms with E-state index in [-0.39, 0.29) is 32.5 Å². The predicted octanol–water partition coefficient (Wildman–Crippen LogP) is 5.84. The van der Waals surface area contributed by atoms with Gasteiger partial charge in [0.25, 0.3) is 5.91 Å². The van der Waals surface area contributed by atoms with Crippen LogP contribution < -0.4 is 0 Å². The molecule has 1 aliphatic heterocycles. The second kappa shape index (κ2) is 8.63. The number of allylic oxidation sites excluding steroid dienone is 1. The van der Waals surface area contributed by atoms with Crippen LogP contribution in [0, 0.1) is 17.3 Å². The number of benzene rings is 1. The lowest BCUT2D eigenvalue weighted by atomic mass is 9.89. The highest BCUT2D eigenvalue weighted by Gasteiger charge is 2.39. The van der Waals surface area contributed by atoms with Crippen LogP contribution in [0.3, 0.4) is 0 Å². The van der Waals surface area contributed by atoms with Gasteiger partial charge in [-0.2, -0.15) is 0 Å². The summed E-state index contributed by atoms with van der Waals surface area (Å²) in [6.45, 7) is 6.04. The normalized spacial score (nSPS) is 19.4. The zero-order valence-corrected chi connectivity index (χ0v) is 18.9. The summed E-state index contributed by atoms with van der Waals surface area (Å²) in [5, 5.41) is 10.3. The number of rotatable bonds is 4. The van der Waals surface area contributed by atoms with Crippen molar-refractivity contribution in [3.05, 3.63) is 44.4 Å². The number of carbonyl (C=O) groups is 2. The summed E-state index contributed by atoms with van der Waals surface area (Å²) in [6.07, 6.45) is 3.12. The average Bonchev–Trinajstić information content (AvgIpc) is 2.99. The molecule has 0 bridgehead atoms. The lowest BCUT2D eigenvalue weighted by Crippen LogP contribution is -2.44. The smallest absolute Gasteiger partial charge is 0.344 e. The van der Waals surface area contributed by atoms with Crippen molar-refractivity contribution in [2.24, 2.45) is 5.41 Å². The van der Waals surface area contributed by atoms with E-state index < -0.39 is 5.97 Å². The van der Waals surface area contributed by atoms with Crippen LogP contribution >= 0.6 is 35.0 Å². The van der Waals surface area contributed by atoms with Gasteiger partial charge < -0.3 is 10.0 Å². The standard InChI is InChI=1S/C22H23Cl2NO3S/c1-22(2,3)10-9-15-12-18(19(29-15)21(27)28)25(14-5-4-6-14)20(26)16-8-7-13(23)11-17(16)24/h7-8,11,14-15H,4-6,12H2,1-3H3,(H,27,28). The SMILES string of the molecule is CC(C)(C)C#CC1CC(N(C(=O)c2ccc(Cl)cc2Cl)C2CCC2)=C(C(=O)O)S1. The molecule has 0 radical (unpaired) electrons. The maximum Gasteiger partial charge on any atom is 0.344 e. The van der Waals surface area contributed by atoms with Crippen molar-refractivity contribution in [1.29, 1.82) is 0 Å². The zero-order chi connectivity index (χ0) is 21.3. The van der Waals surface area contributed by atoms with Crippen molar-refractivity contribution in [2.75, 3.05) is 0 Å². The number of hydrogen-bond acceptors (Lipinski definition) is 3. The fraction of sp³-hybridized carbons (Fsp3) is 0.455. The molecule has 29 heavy (non-hydrogen) atoms. The van der Waals surface area contributed by atoms with Crippen molar-refractivity contribution in [3.63, 3.8) is 0 Å². The van der Waals surface area contributed by atoms with Crippen molar-refractivity contribution >= 4 is 46.8 Å². The van der Waals surface area contributed by atoms with Gasteiger partial charge in [0.1, 0.15) is 4.91 Å². The molecule has 1 aliphatic carbocycles. The largest absolute Gasteiger partial charge is 0.477 e. The number of thioether (sulfide) groups is 1. The Kier molecular flexibility index (Phi) is 6.57. The van der Waals surface area contributed by atoms with Gasteiger partial charge in [-0.1, -0.05) is 46.8 Å². The molecule has 1 saturated carbocycles. The number of carboxylic acids is 1. The van der Waals surface area contributed by atoms with E-state index in [4.69, 9.17) is 23.2 Å². The maximum atomic E-state index is 13.4. The monoisotopic (exact) mass is 451 g/mol. The Balaban J connectivity index is 1.98. The van der Waals surface area contributed by atoms with Crippen LogP contribution in [-0.2, 0) is 4.79 Å². The van der Waals surface area contributed by atoms with Gasteiger partial charge in [0.2, 0.25) is 0 Å². The van der Waals surface area contributed by atoms with Crippen LogP contribution in [0.15, 0.2) is 28.8 Å². The molecule has 0 spiro atoms. The Morgan fingerprint density at radius 2 is 1.93 bits per heavy atom. The molecular formula is C22H23Cl2NO3S. The third-order valence-corrected chi connectivity index (χ3v) is 6.58. The Hall–Kier alpha value is -1.61. The third kappa shape index (κ3) is 5.12. The van der Waals surface area contributed by atoms with E-state index >= 15 is 0 Å². The minimum Gasteiger partial charge on any atom is -0.477 e. The third-order valence-electron chi connectivity index (χ3n) is 4.81. The molecule has 1 atom stereocenters. The predicted molar refractivity (Wildman–Crippen MR) is 118 cm³/mol. The van der Waals surface area contributed by atoms with Crippen LogP contribution in [0.1, 0.15) is 56.8 Å². The molecular weight excluding hydrogens is 429 g/mol. The summed E-state index contributed by atoms with van der Waals surface area (Å²) >= 11 is 13.5. The molecule has 1 unspecified atom stereocenters. The Labute approximate surface area is 185 Å². The molecule has 2 aliphatic rings. The summed E-state index contributed by atoms with van der Waals surface area (Å²) < 4.78 is 0. The summed E-state index contributed by atoms with van der Waals surface area (Å²) in [5.41, 5.74) is 0.693. The first-order valence-corrected chi connectivity index (χ1v) is 11.1. The number of halogens is 2. The van der Waals surface area contributed by atoms with E-state index in [9.17, 15) is 14.7 Å². The summed E-state index contributed by atoms with van der Waals surface area (Å²) in [6, 6.07) is 4.72. The highest BCUT2D eigenvalue weighted by Crippen LogP contribution is 2.43. The number of aliphatic carboxylic acids is 1. The zero-order valence-electron chi connectivity index (χ0n) is 16.6. The molecule has 1 amide bonds. The Morgan fingerprint density at radius 1 is 1.24 bits per heavy atom. The summed E-state index contributed by atoms with van der Waals surface area (Å²) in [7, 11) is 0. The number of carbonyl (C=O) groups excluding carboxylic acids is 1. The molecule has 0 aromatic heterocycles. The fourth-order valence-corrected chi connectivity index (χ4v) is 4.78. The first kappa shape index (κ1) is 22.1. The minimum atomic E-state index is -1.02. The molecule has 1 fully saturated rings. The molecule has 0 saturated heterocycles. The van der Waals surface area contributed by atoms with Crippen LogP contribution in [-0.4, -0.2) is 33.2 Å². The van der Waals surface area contributed by atoms with Gasteiger partial charge >= 0.3 is 5.97 Å². The Morgan fingerprint density at radius 3 is 2.45 bits per heavy atom. The highest BCUT2D eigenvalue weighted by atomic mass is 35.5. The second-order valence-corrected chi connectivity index (χ2v) is 10.4. The van der Waals surface area contributed by atoms with E-state index in [0.717, 1.165) is 19.3 Å². The van der Waals surface area contributed by atoms with E-state index in [1.54, 1.807) is 17.0 Å². The Bertz CT molecular complexity index is 936. The molecule has 1 N–H and O–H groups in total. The van der Waals surface area contributed by atoms with Crippen molar-refractivity contribution in [2.45, 2.75) is 57.7 Å². The van der Waals surface area contributed by atoms with E-state index in [0.29, 0.717) is 22.7 Å². The van der Waals surface area contributed by atoms with Crippen molar-refractivity contribution in [3.8, 4) is 11.8 Å². The number of amides is 1. The molecule has 4 nitrogen and oxygen atoms in total.